The maximum atomic E-state index is 12.8. The Morgan fingerprint density at radius 2 is 1.89 bits per heavy atom. The fraction of sp³-hybridized carbons (Fsp3) is 0.444. The number of methoxy groups -OCH3 is 2. The van der Waals surface area contributed by atoms with Gasteiger partial charge >= 0.3 is 0 Å². The Morgan fingerprint density at radius 3 is 2.46 bits per heavy atom. The molecule has 0 aliphatic carbocycles. The first kappa shape index (κ1) is 20.2. The van der Waals surface area contributed by atoms with E-state index >= 15 is 0 Å². The molecular formula is C18H24N4O5S. The Morgan fingerprint density at radius 1 is 1.21 bits per heavy atom. The molecule has 0 spiro atoms. The van der Waals surface area contributed by atoms with E-state index in [1.807, 2.05) is 0 Å². The number of aromatic nitrogens is 2. The van der Waals surface area contributed by atoms with Gasteiger partial charge in [-0.2, -0.15) is 4.31 Å². The van der Waals surface area contributed by atoms with Crippen LogP contribution in [0.5, 0.6) is 11.5 Å². The Balaban J connectivity index is 1.73. The molecule has 1 aliphatic rings. The van der Waals surface area contributed by atoms with Gasteiger partial charge in [0.1, 0.15) is 11.5 Å². The van der Waals surface area contributed by atoms with Crippen molar-refractivity contribution in [2.75, 3.05) is 32.6 Å². The molecule has 0 unspecified atom stereocenters. The minimum Gasteiger partial charge on any atom is -0.497 e. The normalized spacial score (nSPS) is 17.9. The second kappa shape index (κ2) is 8.19. The first-order chi connectivity index (χ1) is 13.3. The van der Waals surface area contributed by atoms with Crippen LogP contribution in [0.15, 0.2) is 35.7 Å². The first-order valence-electron chi connectivity index (χ1n) is 8.85. The van der Waals surface area contributed by atoms with Gasteiger partial charge in [-0.05, 0) is 12.8 Å². The Kier molecular flexibility index (Phi) is 5.90. The van der Waals surface area contributed by atoms with Crippen LogP contribution < -0.4 is 14.8 Å². The van der Waals surface area contributed by atoms with Crippen molar-refractivity contribution in [3.05, 3.63) is 30.7 Å². The van der Waals surface area contributed by atoms with Gasteiger partial charge in [0.15, 0.2) is 5.03 Å². The molecule has 9 nitrogen and oxygen atoms in total. The van der Waals surface area contributed by atoms with Crippen molar-refractivity contribution in [2.24, 2.45) is 13.0 Å². The van der Waals surface area contributed by atoms with Crippen LogP contribution in [0.25, 0.3) is 0 Å². The van der Waals surface area contributed by atoms with Crippen molar-refractivity contribution in [1.29, 1.82) is 0 Å². The van der Waals surface area contributed by atoms with E-state index in [1.165, 1.54) is 31.0 Å². The van der Waals surface area contributed by atoms with Gasteiger partial charge in [-0.1, -0.05) is 0 Å². The molecule has 1 aliphatic heterocycles. The predicted molar refractivity (Wildman–Crippen MR) is 103 cm³/mol. The second-order valence-electron chi connectivity index (χ2n) is 6.67. The Labute approximate surface area is 164 Å². The van der Waals surface area contributed by atoms with Crippen LogP contribution in [0, 0.1) is 5.92 Å². The molecule has 10 heteroatoms. The molecule has 28 heavy (non-hydrogen) atoms. The lowest BCUT2D eigenvalue weighted by Crippen LogP contribution is -2.43. The van der Waals surface area contributed by atoms with E-state index in [1.54, 1.807) is 29.8 Å². The smallest absolute Gasteiger partial charge is 0.262 e. The summed E-state index contributed by atoms with van der Waals surface area (Å²) in [6.45, 7) is 0.488. The molecular weight excluding hydrogens is 384 g/mol. The van der Waals surface area contributed by atoms with Gasteiger partial charge in [-0.3, -0.25) is 4.79 Å². The third-order valence-electron chi connectivity index (χ3n) is 4.66. The molecule has 2 heterocycles. The zero-order valence-electron chi connectivity index (χ0n) is 16.1. The SMILES string of the molecule is COc1cc(NC(=O)[C@@H]2CCCN(S(=O)(=O)c3cn(C)cn3)C2)cc(OC)c1. The molecule has 1 saturated heterocycles. The fourth-order valence-electron chi connectivity index (χ4n) is 3.15. The van der Waals surface area contributed by atoms with Crippen LogP contribution in [0.3, 0.4) is 0 Å². The number of nitrogens with zero attached hydrogens (tertiary/aromatic N) is 3. The summed E-state index contributed by atoms with van der Waals surface area (Å²) in [7, 11) is 1.05. The molecule has 152 valence electrons. The summed E-state index contributed by atoms with van der Waals surface area (Å²) in [6.07, 6.45) is 4.12. The maximum absolute atomic E-state index is 12.8. The van der Waals surface area contributed by atoms with E-state index in [4.69, 9.17) is 9.47 Å². The third-order valence-corrected chi connectivity index (χ3v) is 6.41. The molecule has 1 atom stereocenters. The number of hydrogen-bond donors (Lipinski definition) is 1. The quantitative estimate of drug-likeness (QED) is 0.777. The Bertz CT molecular complexity index is 934. The molecule has 2 aromatic rings. The molecule has 1 aromatic heterocycles. The van der Waals surface area contributed by atoms with Gasteiger partial charge in [0.25, 0.3) is 10.0 Å². The minimum atomic E-state index is -3.72. The van der Waals surface area contributed by atoms with Crippen LogP contribution in [0.1, 0.15) is 12.8 Å². The summed E-state index contributed by atoms with van der Waals surface area (Å²) >= 11 is 0. The zero-order valence-corrected chi connectivity index (χ0v) is 16.9. The molecule has 1 fully saturated rings. The highest BCUT2D eigenvalue weighted by molar-refractivity contribution is 7.89. The number of anilines is 1. The number of sulfonamides is 1. The number of aryl methyl sites for hydroxylation is 1. The van der Waals surface area contributed by atoms with E-state index in [2.05, 4.69) is 10.3 Å². The molecule has 1 aromatic carbocycles. The van der Waals surface area contributed by atoms with Crippen molar-refractivity contribution in [3.63, 3.8) is 0 Å². The van der Waals surface area contributed by atoms with E-state index in [9.17, 15) is 13.2 Å². The molecule has 0 saturated carbocycles. The van der Waals surface area contributed by atoms with Gasteiger partial charge in [0, 0.05) is 50.2 Å². The van der Waals surface area contributed by atoms with Gasteiger partial charge < -0.3 is 19.4 Å². The fourth-order valence-corrected chi connectivity index (χ4v) is 4.64. The zero-order chi connectivity index (χ0) is 20.3. The lowest BCUT2D eigenvalue weighted by atomic mass is 9.98. The number of imidazole rings is 1. The minimum absolute atomic E-state index is 0.00593. The maximum Gasteiger partial charge on any atom is 0.262 e. The van der Waals surface area contributed by atoms with Crippen molar-refractivity contribution in [2.45, 2.75) is 17.9 Å². The summed E-state index contributed by atoms with van der Waals surface area (Å²) in [5.41, 5.74) is 0.533. The van der Waals surface area contributed by atoms with Gasteiger partial charge in [0.2, 0.25) is 5.91 Å². The third kappa shape index (κ3) is 4.28. The van der Waals surface area contributed by atoms with E-state index in [0.717, 1.165) is 0 Å². The molecule has 1 amide bonds. The average Bonchev–Trinajstić information content (AvgIpc) is 3.15. The number of amides is 1. The number of hydrogen-bond acceptors (Lipinski definition) is 6. The van der Waals surface area contributed by atoms with Crippen molar-refractivity contribution < 1.29 is 22.7 Å². The predicted octanol–water partition coefficient (Wildman–Crippen LogP) is 1.48. The van der Waals surface area contributed by atoms with E-state index in [-0.39, 0.29) is 17.5 Å². The summed E-state index contributed by atoms with van der Waals surface area (Å²) < 4.78 is 38.9. The standard InChI is InChI=1S/C18H24N4O5S/c1-21-11-17(19-12-21)28(24,25)22-6-4-5-13(10-22)18(23)20-14-7-15(26-2)9-16(8-14)27-3/h7-9,11-13H,4-6,10H2,1-3H3,(H,20,23)/t13-/m1/s1. The lowest BCUT2D eigenvalue weighted by molar-refractivity contribution is -0.120. The van der Waals surface area contributed by atoms with Gasteiger partial charge in [-0.15, -0.1) is 0 Å². The largest absolute Gasteiger partial charge is 0.497 e. The number of nitrogens with one attached hydrogen (secondary N) is 1. The highest BCUT2D eigenvalue weighted by Gasteiger charge is 2.34. The Hall–Kier alpha value is -2.59. The van der Waals surface area contributed by atoms with Crippen molar-refractivity contribution in [3.8, 4) is 11.5 Å². The van der Waals surface area contributed by atoms with Crippen molar-refractivity contribution in [1.82, 2.24) is 13.9 Å². The van der Waals surface area contributed by atoms with Crippen LogP contribution in [-0.4, -0.2) is 55.5 Å². The summed E-state index contributed by atoms with van der Waals surface area (Å²) in [6, 6.07) is 5.08. The monoisotopic (exact) mass is 408 g/mol. The lowest BCUT2D eigenvalue weighted by Gasteiger charge is -2.30. The highest BCUT2D eigenvalue weighted by atomic mass is 32.2. The van der Waals surface area contributed by atoms with Gasteiger partial charge in [-0.25, -0.2) is 13.4 Å². The number of piperidine rings is 1. The van der Waals surface area contributed by atoms with E-state index < -0.39 is 15.9 Å². The van der Waals surface area contributed by atoms with Crippen LogP contribution in [-0.2, 0) is 21.9 Å². The summed E-state index contributed by atoms with van der Waals surface area (Å²) in [5.74, 6) is 0.413. The van der Waals surface area contributed by atoms with Crippen LogP contribution >= 0.6 is 0 Å². The van der Waals surface area contributed by atoms with E-state index in [0.29, 0.717) is 36.6 Å². The van der Waals surface area contributed by atoms with Crippen LogP contribution in [0.2, 0.25) is 0 Å². The number of carbonyl (C=O) groups is 1. The molecule has 0 bridgehead atoms. The van der Waals surface area contributed by atoms with Gasteiger partial charge in [0.05, 0.1) is 26.5 Å². The summed E-state index contributed by atoms with van der Waals surface area (Å²) in [4.78, 5) is 16.7. The topological polar surface area (TPSA) is 103 Å². The van der Waals surface area contributed by atoms with Crippen molar-refractivity contribution >= 4 is 21.6 Å². The van der Waals surface area contributed by atoms with Crippen LogP contribution in [0.4, 0.5) is 5.69 Å². The summed E-state index contributed by atoms with van der Waals surface area (Å²) in [5, 5.41) is 2.83. The molecule has 0 radical (unpaired) electrons. The molecule has 1 N–H and O–H groups in total. The highest BCUT2D eigenvalue weighted by Crippen LogP contribution is 2.28. The second-order valence-corrected chi connectivity index (χ2v) is 8.55. The number of ether oxygens (including phenoxy) is 2. The number of benzene rings is 1. The first-order valence-corrected chi connectivity index (χ1v) is 10.3. The number of rotatable bonds is 6. The average molecular weight is 408 g/mol. The molecule has 3 rings (SSSR count). The number of carbonyl (C=O) groups excluding carboxylic acids is 1.